The molecule has 0 atom stereocenters. The van der Waals surface area contributed by atoms with E-state index < -0.39 is 11.5 Å². The zero-order chi connectivity index (χ0) is 12.3. The smallest absolute Gasteiger partial charge is 0.341 e. The molecule has 0 fully saturated rings. The summed E-state index contributed by atoms with van der Waals surface area (Å²) in [4.78, 5) is 22.6. The Morgan fingerprint density at radius 1 is 1.50 bits per heavy atom. The molecule has 1 aromatic rings. The molecule has 0 amide bonds. The van der Waals surface area contributed by atoms with Crippen LogP contribution in [0.5, 0.6) is 0 Å². The van der Waals surface area contributed by atoms with Crippen molar-refractivity contribution in [2.24, 2.45) is 0 Å². The summed E-state index contributed by atoms with van der Waals surface area (Å²) in [6.45, 7) is 7.92. The Bertz CT molecular complexity index is 486. The van der Waals surface area contributed by atoms with Gasteiger partial charge in [0, 0.05) is 12.2 Å². The molecule has 0 aliphatic rings. The molecule has 0 unspecified atom stereocenters. The predicted octanol–water partition coefficient (Wildman–Crippen LogP) is 1.82. The summed E-state index contributed by atoms with van der Waals surface area (Å²) in [6, 6.07) is 2.97. The van der Waals surface area contributed by atoms with E-state index in [0.717, 1.165) is 17.7 Å². The summed E-state index contributed by atoms with van der Waals surface area (Å²) in [5.74, 6) is -1.19. The van der Waals surface area contributed by atoms with E-state index >= 15 is 0 Å². The van der Waals surface area contributed by atoms with Crippen LogP contribution in [0, 0.1) is 6.92 Å². The molecular weight excluding hydrogens is 206 g/mol. The maximum atomic E-state index is 11.8. The molecule has 1 N–H and O–H groups in total. The number of rotatable bonds is 4. The number of hydrogen-bond donors (Lipinski definition) is 1. The van der Waals surface area contributed by atoms with Gasteiger partial charge in [-0.3, -0.25) is 4.79 Å². The average molecular weight is 221 g/mol. The van der Waals surface area contributed by atoms with E-state index in [1.54, 1.807) is 13.0 Å². The largest absolute Gasteiger partial charge is 0.477 e. The fourth-order valence-electron chi connectivity index (χ4n) is 1.37. The molecule has 0 aliphatic heterocycles. The van der Waals surface area contributed by atoms with Crippen molar-refractivity contribution in [2.45, 2.75) is 26.8 Å². The predicted molar refractivity (Wildman–Crippen MR) is 61.8 cm³/mol. The summed E-state index contributed by atoms with van der Waals surface area (Å²) < 4.78 is 1.44. The van der Waals surface area contributed by atoms with Crippen molar-refractivity contribution in [3.05, 3.63) is 45.9 Å². The third kappa shape index (κ3) is 2.39. The molecule has 0 radical (unpaired) electrons. The van der Waals surface area contributed by atoms with E-state index in [1.165, 1.54) is 10.6 Å². The number of allylic oxidation sites excluding steroid dienone is 1. The Hall–Kier alpha value is -1.84. The minimum absolute atomic E-state index is 0.200. The maximum Gasteiger partial charge on any atom is 0.341 e. The van der Waals surface area contributed by atoms with Crippen LogP contribution in [0.15, 0.2) is 29.1 Å². The Morgan fingerprint density at radius 2 is 2.12 bits per heavy atom. The van der Waals surface area contributed by atoms with Crippen molar-refractivity contribution in [1.29, 1.82) is 0 Å². The average Bonchev–Trinajstić information content (AvgIpc) is 2.23. The second-order valence-electron chi connectivity index (χ2n) is 3.69. The fourth-order valence-corrected chi connectivity index (χ4v) is 1.37. The molecule has 0 saturated carbocycles. The minimum atomic E-state index is -1.19. The van der Waals surface area contributed by atoms with Crippen LogP contribution in [0.4, 0.5) is 0 Å². The normalized spacial score (nSPS) is 10.1. The Kier molecular flexibility index (Phi) is 3.66. The highest BCUT2D eigenvalue weighted by Gasteiger charge is 2.12. The van der Waals surface area contributed by atoms with Crippen LogP contribution < -0.4 is 5.56 Å². The number of aromatic carboxylic acids is 1. The first kappa shape index (κ1) is 12.2. The number of nitrogens with zero attached hydrogens (tertiary/aromatic N) is 1. The van der Waals surface area contributed by atoms with Crippen molar-refractivity contribution in [2.75, 3.05) is 0 Å². The molecule has 0 aromatic carbocycles. The third-order valence-corrected chi connectivity index (χ3v) is 2.50. The highest BCUT2D eigenvalue weighted by Crippen LogP contribution is 2.04. The summed E-state index contributed by atoms with van der Waals surface area (Å²) >= 11 is 0. The van der Waals surface area contributed by atoms with Crippen molar-refractivity contribution < 1.29 is 9.90 Å². The molecule has 1 heterocycles. The topological polar surface area (TPSA) is 59.3 Å². The van der Waals surface area contributed by atoms with Gasteiger partial charge < -0.3 is 9.67 Å². The summed E-state index contributed by atoms with van der Waals surface area (Å²) in [5.41, 5.74) is 0.967. The van der Waals surface area contributed by atoms with Gasteiger partial charge in [-0.05, 0) is 25.5 Å². The van der Waals surface area contributed by atoms with E-state index in [2.05, 4.69) is 6.58 Å². The van der Waals surface area contributed by atoms with Crippen LogP contribution >= 0.6 is 0 Å². The van der Waals surface area contributed by atoms with Gasteiger partial charge in [-0.2, -0.15) is 0 Å². The number of aromatic nitrogens is 1. The third-order valence-electron chi connectivity index (χ3n) is 2.50. The van der Waals surface area contributed by atoms with Crippen molar-refractivity contribution >= 4 is 5.97 Å². The van der Waals surface area contributed by atoms with Crippen LogP contribution in [0.2, 0.25) is 0 Å². The van der Waals surface area contributed by atoms with Crippen LogP contribution in [-0.2, 0) is 6.54 Å². The van der Waals surface area contributed by atoms with Crippen LogP contribution in [-0.4, -0.2) is 15.6 Å². The number of carboxylic acids is 1. The van der Waals surface area contributed by atoms with Crippen molar-refractivity contribution in [3.8, 4) is 0 Å². The lowest BCUT2D eigenvalue weighted by molar-refractivity contribution is 0.0694. The number of pyridine rings is 1. The first-order chi connectivity index (χ1) is 7.47. The molecule has 0 bridgehead atoms. The van der Waals surface area contributed by atoms with Crippen molar-refractivity contribution in [1.82, 2.24) is 4.57 Å². The number of aryl methyl sites for hydroxylation is 1. The lowest BCUT2D eigenvalue weighted by Crippen LogP contribution is -2.28. The molecule has 86 valence electrons. The molecule has 1 aromatic heterocycles. The van der Waals surface area contributed by atoms with Crippen LogP contribution in [0.1, 0.15) is 29.4 Å². The van der Waals surface area contributed by atoms with Gasteiger partial charge in [-0.15, -0.1) is 0 Å². The van der Waals surface area contributed by atoms with E-state index in [1.807, 2.05) is 6.92 Å². The molecule has 4 nitrogen and oxygen atoms in total. The van der Waals surface area contributed by atoms with Gasteiger partial charge in [-0.1, -0.05) is 19.1 Å². The zero-order valence-electron chi connectivity index (χ0n) is 9.49. The molecule has 4 heteroatoms. The van der Waals surface area contributed by atoms with E-state index in [-0.39, 0.29) is 5.56 Å². The quantitative estimate of drug-likeness (QED) is 0.789. The Labute approximate surface area is 93.8 Å². The highest BCUT2D eigenvalue weighted by molar-refractivity contribution is 5.87. The monoisotopic (exact) mass is 221 g/mol. The zero-order valence-corrected chi connectivity index (χ0v) is 9.49. The molecular formula is C12H15NO3. The van der Waals surface area contributed by atoms with Gasteiger partial charge in [0.05, 0.1) is 0 Å². The van der Waals surface area contributed by atoms with Gasteiger partial charge in [0.25, 0.3) is 5.56 Å². The Morgan fingerprint density at radius 3 is 2.62 bits per heavy atom. The van der Waals surface area contributed by atoms with Gasteiger partial charge in [0.2, 0.25) is 0 Å². The second kappa shape index (κ2) is 4.79. The van der Waals surface area contributed by atoms with E-state index in [0.29, 0.717) is 6.54 Å². The summed E-state index contributed by atoms with van der Waals surface area (Å²) in [7, 11) is 0. The standard InChI is InChI=1S/C12H15NO3/c1-4-8(2)7-13-9(3)5-6-10(11(13)14)12(15)16/h5-6H,2,4,7H2,1,3H3,(H,15,16). The SMILES string of the molecule is C=C(CC)Cn1c(C)ccc(C(=O)O)c1=O. The lowest BCUT2D eigenvalue weighted by atomic mass is 10.2. The summed E-state index contributed by atoms with van der Waals surface area (Å²) in [5, 5.41) is 8.84. The van der Waals surface area contributed by atoms with E-state index in [4.69, 9.17) is 5.11 Å². The number of carboxylic acid groups (broad SMARTS) is 1. The van der Waals surface area contributed by atoms with E-state index in [9.17, 15) is 9.59 Å². The highest BCUT2D eigenvalue weighted by atomic mass is 16.4. The number of hydrogen-bond acceptors (Lipinski definition) is 2. The molecule has 1 rings (SSSR count). The van der Waals surface area contributed by atoms with Crippen LogP contribution in [0.25, 0.3) is 0 Å². The van der Waals surface area contributed by atoms with Crippen LogP contribution in [0.3, 0.4) is 0 Å². The fraction of sp³-hybridized carbons (Fsp3) is 0.333. The minimum Gasteiger partial charge on any atom is -0.477 e. The molecule has 0 saturated heterocycles. The van der Waals surface area contributed by atoms with Crippen molar-refractivity contribution in [3.63, 3.8) is 0 Å². The van der Waals surface area contributed by atoms with Gasteiger partial charge in [0.15, 0.2) is 0 Å². The van der Waals surface area contributed by atoms with Gasteiger partial charge in [-0.25, -0.2) is 4.79 Å². The number of carbonyl (C=O) groups is 1. The first-order valence-corrected chi connectivity index (χ1v) is 5.07. The molecule has 0 spiro atoms. The second-order valence-corrected chi connectivity index (χ2v) is 3.69. The summed E-state index contributed by atoms with van der Waals surface area (Å²) in [6.07, 6.45) is 0.767. The lowest BCUT2D eigenvalue weighted by Gasteiger charge is -2.11. The first-order valence-electron chi connectivity index (χ1n) is 5.07. The Balaban J connectivity index is 3.27. The van der Waals surface area contributed by atoms with Gasteiger partial charge in [0.1, 0.15) is 5.56 Å². The molecule has 0 aliphatic carbocycles. The maximum absolute atomic E-state index is 11.8. The molecule has 16 heavy (non-hydrogen) atoms. The van der Waals surface area contributed by atoms with Gasteiger partial charge >= 0.3 is 5.97 Å².